The van der Waals surface area contributed by atoms with Crippen molar-refractivity contribution < 1.29 is 37.7 Å². The average Bonchev–Trinajstić information content (AvgIpc) is 3.32. The molecule has 0 saturated heterocycles. The fourth-order valence-electron chi connectivity index (χ4n) is 3.51. The van der Waals surface area contributed by atoms with Gasteiger partial charge in [0.1, 0.15) is 11.6 Å². The summed E-state index contributed by atoms with van der Waals surface area (Å²) in [5, 5.41) is 10.6. The number of halogens is 1. The van der Waals surface area contributed by atoms with E-state index >= 15 is 0 Å². The van der Waals surface area contributed by atoms with Crippen LogP contribution in [0.25, 0.3) is 0 Å². The Balaban J connectivity index is 1.73. The minimum absolute atomic E-state index is 0.00718. The highest BCUT2D eigenvalue weighted by Crippen LogP contribution is 2.45. The second-order valence-electron chi connectivity index (χ2n) is 7.32. The summed E-state index contributed by atoms with van der Waals surface area (Å²) in [4.78, 5) is 25.6. The van der Waals surface area contributed by atoms with Crippen LogP contribution in [0.3, 0.4) is 0 Å². The molecular weight excluding hydrogens is 467 g/mol. The summed E-state index contributed by atoms with van der Waals surface area (Å²) in [7, 11) is 2.70. The van der Waals surface area contributed by atoms with Crippen molar-refractivity contribution in [1.29, 1.82) is 0 Å². The quantitative estimate of drug-likeness (QED) is 0.369. The maximum Gasteiger partial charge on any atom is 0.306 e. The van der Waals surface area contributed by atoms with Crippen molar-refractivity contribution in [3.63, 3.8) is 0 Å². The third-order valence-electron chi connectivity index (χ3n) is 5.19. The van der Waals surface area contributed by atoms with Crippen LogP contribution < -0.4 is 19.6 Å². The lowest BCUT2D eigenvalue weighted by atomic mass is 9.91. The van der Waals surface area contributed by atoms with Crippen LogP contribution in [-0.2, 0) is 15.3 Å². The third kappa shape index (κ3) is 4.96. The molecule has 1 aliphatic rings. The zero-order chi connectivity index (χ0) is 24.2. The molecule has 0 radical (unpaired) electrons. The summed E-state index contributed by atoms with van der Waals surface area (Å²) in [6.45, 7) is 0.00718. The number of aromatic hydroxyl groups is 1. The lowest BCUT2D eigenvalue weighted by molar-refractivity contribution is -0.140. The number of methoxy groups -OCH3 is 2. The van der Waals surface area contributed by atoms with Gasteiger partial charge in [0.15, 0.2) is 17.3 Å². The van der Waals surface area contributed by atoms with Crippen LogP contribution in [0.5, 0.6) is 23.0 Å². The van der Waals surface area contributed by atoms with Gasteiger partial charge in [-0.15, -0.1) is 11.8 Å². The number of hydrogen-bond acceptors (Lipinski definition) is 9. The molecule has 8 nitrogen and oxygen atoms in total. The summed E-state index contributed by atoms with van der Waals surface area (Å²) in [5.41, 5.74) is -0.160. The third-order valence-corrected chi connectivity index (χ3v) is 6.23. The molecule has 0 saturated carbocycles. The van der Waals surface area contributed by atoms with E-state index in [1.807, 2.05) is 0 Å². The van der Waals surface area contributed by atoms with Crippen LogP contribution in [0.15, 0.2) is 56.6 Å². The van der Waals surface area contributed by atoms with E-state index in [0.717, 1.165) is 4.90 Å². The smallest absolute Gasteiger partial charge is 0.306 e. The standard InChI is InChI=1S/C24H21FO8S/c1-29-19-7-13(8-20-24(19)32-12-31-20)17(10-21(27)30-2)23-22(28)18(26)9-15(33-23)11-34-16-5-3-14(25)4-6-16/h3-9,17,28H,10-12H2,1-2H3/t17-/m1/s1. The lowest BCUT2D eigenvalue weighted by Gasteiger charge is -2.19. The van der Waals surface area contributed by atoms with Crippen LogP contribution in [0.4, 0.5) is 4.39 Å². The number of fused-ring (bicyclic) bond motifs is 1. The van der Waals surface area contributed by atoms with Crippen LogP contribution in [0, 0.1) is 5.82 Å². The van der Waals surface area contributed by atoms with E-state index in [-0.39, 0.29) is 36.3 Å². The van der Waals surface area contributed by atoms with Gasteiger partial charge in [-0.05, 0) is 42.0 Å². The van der Waals surface area contributed by atoms with Gasteiger partial charge in [-0.3, -0.25) is 9.59 Å². The highest BCUT2D eigenvalue weighted by molar-refractivity contribution is 7.98. The van der Waals surface area contributed by atoms with Crippen LogP contribution in [0.1, 0.15) is 29.4 Å². The topological polar surface area (TPSA) is 104 Å². The van der Waals surface area contributed by atoms with E-state index in [4.69, 9.17) is 23.4 Å². The molecule has 4 rings (SSSR count). The zero-order valence-electron chi connectivity index (χ0n) is 18.3. The first-order valence-corrected chi connectivity index (χ1v) is 11.2. The van der Waals surface area contributed by atoms with E-state index in [0.29, 0.717) is 22.8 Å². The van der Waals surface area contributed by atoms with Gasteiger partial charge in [0.2, 0.25) is 23.7 Å². The van der Waals surface area contributed by atoms with Gasteiger partial charge in [-0.1, -0.05) is 0 Å². The number of ether oxygens (including phenoxy) is 4. The first kappa shape index (κ1) is 23.5. The molecule has 0 spiro atoms. The van der Waals surface area contributed by atoms with Crippen molar-refractivity contribution in [1.82, 2.24) is 0 Å². The SMILES string of the molecule is COC(=O)C[C@H](c1cc(OC)c2c(c1)OCO2)c1oc(CSc2ccc(F)cc2)cc(=O)c1O. The average molecular weight is 488 g/mol. The second-order valence-corrected chi connectivity index (χ2v) is 8.37. The van der Waals surface area contributed by atoms with Gasteiger partial charge in [0.25, 0.3) is 0 Å². The molecular formula is C24H21FO8S. The minimum atomic E-state index is -0.876. The van der Waals surface area contributed by atoms with E-state index in [1.54, 1.807) is 24.3 Å². The van der Waals surface area contributed by atoms with Crippen LogP contribution in [-0.4, -0.2) is 32.1 Å². The largest absolute Gasteiger partial charge is 0.502 e. The Morgan fingerprint density at radius 2 is 1.94 bits per heavy atom. The number of hydrogen-bond donors (Lipinski definition) is 1. The summed E-state index contributed by atoms with van der Waals surface area (Å²) < 4.78 is 40.2. The van der Waals surface area contributed by atoms with Crippen molar-refractivity contribution in [3.05, 3.63) is 75.6 Å². The Bertz CT molecular complexity index is 1260. The molecule has 0 aliphatic carbocycles. The van der Waals surface area contributed by atoms with Crippen LogP contribution in [0.2, 0.25) is 0 Å². The Morgan fingerprint density at radius 3 is 2.65 bits per heavy atom. The van der Waals surface area contributed by atoms with Gasteiger partial charge < -0.3 is 28.5 Å². The van der Waals surface area contributed by atoms with E-state index in [9.17, 15) is 19.1 Å². The number of esters is 1. The summed E-state index contributed by atoms with van der Waals surface area (Å²) in [6, 6.07) is 10.3. The lowest BCUT2D eigenvalue weighted by Crippen LogP contribution is -2.14. The fraction of sp³-hybridized carbons (Fsp3) is 0.250. The highest BCUT2D eigenvalue weighted by Gasteiger charge is 2.30. The molecule has 2 heterocycles. The second kappa shape index (κ2) is 10.1. The predicted octanol–water partition coefficient (Wildman–Crippen LogP) is 4.21. The number of benzene rings is 2. The normalized spacial score (nSPS) is 12.9. The fourth-order valence-corrected chi connectivity index (χ4v) is 4.29. The molecule has 34 heavy (non-hydrogen) atoms. The Hall–Kier alpha value is -3.66. The van der Waals surface area contributed by atoms with Gasteiger partial charge in [0, 0.05) is 11.0 Å². The number of carbonyl (C=O) groups excluding carboxylic acids is 1. The highest BCUT2D eigenvalue weighted by atomic mass is 32.2. The zero-order valence-corrected chi connectivity index (χ0v) is 19.1. The molecule has 1 aliphatic heterocycles. The molecule has 2 aromatic carbocycles. The van der Waals surface area contributed by atoms with Gasteiger partial charge in [0.05, 0.1) is 32.3 Å². The molecule has 178 valence electrons. The van der Waals surface area contributed by atoms with Crippen molar-refractivity contribution >= 4 is 17.7 Å². The maximum absolute atomic E-state index is 13.2. The minimum Gasteiger partial charge on any atom is -0.502 e. The summed E-state index contributed by atoms with van der Waals surface area (Å²) in [6.07, 6.45) is -0.218. The van der Waals surface area contributed by atoms with Crippen molar-refractivity contribution in [3.8, 4) is 23.0 Å². The number of thioether (sulfide) groups is 1. The molecule has 0 fully saturated rings. The summed E-state index contributed by atoms with van der Waals surface area (Å²) >= 11 is 1.32. The molecule has 0 unspecified atom stereocenters. The number of rotatable bonds is 8. The first-order chi connectivity index (χ1) is 16.4. The monoisotopic (exact) mass is 488 g/mol. The Morgan fingerprint density at radius 1 is 1.18 bits per heavy atom. The maximum atomic E-state index is 13.2. The van der Waals surface area contributed by atoms with Crippen LogP contribution >= 0.6 is 11.8 Å². The molecule has 0 bridgehead atoms. The van der Waals surface area contributed by atoms with Gasteiger partial charge >= 0.3 is 5.97 Å². The van der Waals surface area contributed by atoms with E-state index < -0.39 is 23.1 Å². The molecule has 1 atom stereocenters. The Kier molecular flexibility index (Phi) is 6.97. The first-order valence-electron chi connectivity index (χ1n) is 10.2. The van der Waals surface area contributed by atoms with Crippen molar-refractivity contribution in [2.45, 2.75) is 23.0 Å². The Labute approximate surface area is 198 Å². The molecule has 10 heteroatoms. The molecule has 1 N–H and O–H groups in total. The van der Waals surface area contributed by atoms with Crippen molar-refractivity contribution in [2.75, 3.05) is 21.0 Å². The summed E-state index contributed by atoms with van der Waals surface area (Å²) in [5.74, 6) is -0.813. The molecule has 1 aromatic heterocycles. The van der Waals surface area contributed by atoms with E-state index in [2.05, 4.69) is 0 Å². The van der Waals surface area contributed by atoms with Crippen molar-refractivity contribution in [2.24, 2.45) is 0 Å². The predicted molar refractivity (Wildman–Crippen MR) is 120 cm³/mol. The van der Waals surface area contributed by atoms with E-state index in [1.165, 1.54) is 44.2 Å². The van der Waals surface area contributed by atoms with Gasteiger partial charge in [-0.2, -0.15) is 0 Å². The number of carbonyl (C=O) groups is 1. The van der Waals surface area contributed by atoms with Gasteiger partial charge in [-0.25, -0.2) is 4.39 Å². The molecule has 3 aromatic rings. The molecule has 0 amide bonds.